The number of halogens is 1. The Morgan fingerprint density at radius 2 is 1.86 bits per heavy atom. The predicted octanol–water partition coefficient (Wildman–Crippen LogP) is 2.52. The summed E-state index contributed by atoms with van der Waals surface area (Å²) in [4.78, 5) is 2.39. The standard InChI is InChI=1S/C11H14INO/c12-10-2-4-11(5-3-10)13-6-1-8-14-9-7-13/h2-5H,1,6-9H2. The van der Waals surface area contributed by atoms with Gasteiger partial charge in [-0.2, -0.15) is 0 Å². The lowest BCUT2D eigenvalue weighted by Gasteiger charge is -2.21. The Labute approximate surface area is 98.4 Å². The third kappa shape index (κ3) is 2.60. The molecule has 0 unspecified atom stereocenters. The molecule has 0 saturated carbocycles. The van der Waals surface area contributed by atoms with Crippen LogP contribution in [0.2, 0.25) is 0 Å². The molecule has 2 rings (SSSR count). The second-order valence-electron chi connectivity index (χ2n) is 3.43. The third-order valence-corrected chi connectivity index (χ3v) is 3.13. The van der Waals surface area contributed by atoms with Crippen LogP contribution in [0.1, 0.15) is 6.42 Å². The Balaban J connectivity index is 2.08. The largest absolute Gasteiger partial charge is 0.380 e. The summed E-state index contributed by atoms with van der Waals surface area (Å²) in [5.41, 5.74) is 1.32. The summed E-state index contributed by atoms with van der Waals surface area (Å²) in [6.07, 6.45) is 1.13. The first-order valence-corrected chi connectivity index (χ1v) is 6.02. The van der Waals surface area contributed by atoms with Crippen molar-refractivity contribution >= 4 is 28.3 Å². The van der Waals surface area contributed by atoms with Crippen LogP contribution >= 0.6 is 22.6 Å². The van der Waals surface area contributed by atoms with Gasteiger partial charge in [0.1, 0.15) is 0 Å². The Kier molecular flexibility index (Phi) is 3.64. The molecule has 1 aliphatic heterocycles. The van der Waals surface area contributed by atoms with Crippen molar-refractivity contribution in [3.63, 3.8) is 0 Å². The maximum atomic E-state index is 5.43. The van der Waals surface area contributed by atoms with Gasteiger partial charge in [-0.3, -0.25) is 0 Å². The molecular weight excluding hydrogens is 289 g/mol. The summed E-state index contributed by atoms with van der Waals surface area (Å²) < 4.78 is 6.72. The fourth-order valence-electron chi connectivity index (χ4n) is 1.66. The molecule has 1 aromatic rings. The van der Waals surface area contributed by atoms with Crippen LogP contribution in [0.15, 0.2) is 24.3 Å². The molecular formula is C11H14INO. The van der Waals surface area contributed by atoms with Gasteiger partial charge < -0.3 is 9.64 Å². The van der Waals surface area contributed by atoms with E-state index in [1.807, 2.05) is 0 Å². The third-order valence-electron chi connectivity index (χ3n) is 2.41. The van der Waals surface area contributed by atoms with Crippen molar-refractivity contribution in [2.75, 3.05) is 31.2 Å². The van der Waals surface area contributed by atoms with Gasteiger partial charge in [-0.25, -0.2) is 0 Å². The Hall–Kier alpha value is -0.290. The molecule has 2 nitrogen and oxygen atoms in total. The topological polar surface area (TPSA) is 12.5 Å². The van der Waals surface area contributed by atoms with E-state index in [0.29, 0.717) is 0 Å². The number of hydrogen-bond acceptors (Lipinski definition) is 2. The second kappa shape index (κ2) is 4.98. The minimum absolute atomic E-state index is 0.853. The molecule has 0 bridgehead atoms. The average Bonchev–Trinajstić information content (AvgIpc) is 2.47. The lowest BCUT2D eigenvalue weighted by atomic mass is 10.3. The van der Waals surface area contributed by atoms with E-state index in [0.717, 1.165) is 32.7 Å². The van der Waals surface area contributed by atoms with Gasteiger partial charge in [-0.05, 0) is 53.3 Å². The smallest absolute Gasteiger partial charge is 0.0641 e. The van der Waals surface area contributed by atoms with E-state index in [4.69, 9.17) is 4.74 Å². The highest BCUT2D eigenvalue weighted by Crippen LogP contribution is 2.17. The van der Waals surface area contributed by atoms with Crippen molar-refractivity contribution < 1.29 is 4.74 Å². The monoisotopic (exact) mass is 303 g/mol. The molecule has 1 aromatic carbocycles. The van der Waals surface area contributed by atoms with Gasteiger partial charge in [-0.15, -0.1) is 0 Å². The number of rotatable bonds is 1. The van der Waals surface area contributed by atoms with Crippen LogP contribution in [-0.2, 0) is 4.74 Å². The molecule has 1 aliphatic rings. The molecule has 1 heterocycles. The highest BCUT2D eigenvalue weighted by Gasteiger charge is 2.09. The maximum Gasteiger partial charge on any atom is 0.0641 e. The summed E-state index contributed by atoms with van der Waals surface area (Å²) in [6.45, 7) is 3.88. The molecule has 76 valence electrons. The zero-order chi connectivity index (χ0) is 9.80. The van der Waals surface area contributed by atoms with E-state index < -0.39 is 0 Å². The highest BCUT2D eigenvalue weighted by atomic mass is 127. The van der Waals surface area contributed by atoms with Gasteiger partial charge in [0.25, 0.3) is 0 Å². The zero-order valence-electron chi connectivity index (χ0n) is 8.08. The van der Waals surface area contributed by atoms with Crippen molar-refractivity contribution in [1.29, 1.82) is 0 Å². The van der Waals surface area contributed by atoms with Gasteiger partial charge in [-0.1, -0.05) is 0 Å². The highest BCUT2D eigenvalue weighted by molar-refractivity contribution is 14.1. The average molecular weight is 303 g/mol. The lowest BCUT2D eigenvalue weighted by Crippen LogP contribution is -2.25. The Morgan fingerprint density at radius 3 is 2.64 bits per heavy atom. The van der Waals surface area contributed by atoms with Crippen molar-refractivity contribution in [1.82, 2.24) is 0 Å². The molecule has 0 aliphatic carbocycles. The first-order chi connectivity index (χ1) is 6.86. The number of nitrogens with zero attached hydrogens (tertiary/aromatic N) is 1. The van der Waals surface area contributed by atoms with Crippen molar-refractivity contribution in [2.24, 2.45) is 0 Å². The van der Waals surface area contributed by atoms with E-state index in [2.05, 4.69) is 51.8 Å². The first-order valence-electron chi connectivity index (χ1n) is 4.94. The van der Waals surface area contributed by atoms with Crippen LogP contribution in [0.4, 0.5) is 5.69 Å². The van der Waals surface area contributed by atoms with Gasteiger partial charge in [0, 0.05) is 29.0 Å². The quantitative estimate of drug-likeness (QED) is 0.739. The Bertz CT molecular complexity index is 278. The van der Waals surface area contributed by atoms with Crippen molar-refractivity contribution in [2.45, 2.75) is 6.42 Å². The summed E-state index contributed by atoms with van der Waals surface area (Å²) in [5, 5.41) is 0. The van der Waals surface area contributed by atoms with Gasteiger partial charge in [0.15, 0.2) is 0 Å². The van der Waals surface area contributed by atoms with Gasteiger partial charge >= 0.3 is 0 Å². The number of anilines is 1. The van der Waals surface area contributed by atoms with Crippen LogP contribution in [-0.4, -0.2) is 26.3 Å². The fraction of sp³-hybridized carbons (Fsp3) is 0.455. The van der Waals surface area contributed by atoms with E-state index >= 15 is 0 Å². The zero-order valence-corrected chi connectivity index (χ0v) is 10.2. The minimum atomic E-state index is 0.853. The number of hydrogen-bond donors (Lipinski definition) is 0. The van der Waals surface area contributed by atoms with Crippen molar-refractivity contribution in [3.8, 4) is 0 Å². The van der Waals surface area contributed by atoms with E-state index in [1.165, 1.54) is 9.26 Å². The van der Waals surface area contributed by atoms with Gasteiger partial charge in [0.05, 0.1) is 6.61 Å². The molecule has 0 N–H and O–H groups in total. The van der Waals surface area contributed by atoms with E-state index in [-0.39, 0.29) is 0 Å². The van der Waals surface area contributed by atoms with Crippen LogP contribution in [0, 0.1) is 3.57 Å². The first kappa shape index (κ1) is 10.2. The van der Waals surface area contributed by atoms with Crippen LogP contribution in [0.25, 0.3) is 0 Å². The summed E-state index contributed by atoms with van der Waals surface area (Å²) in [5.74, 6) is 0. The molecule has 0 aromatic heterocycles. The summed E-state index contributed by atoms with van der Waals surface area (Å²) in [6, 6.07) is 8.68. The number of benzene rings is 1. The molecule has 0 atom stereocenters. The lowest BCUT2D eigenvalue weighted by molar-refractivity contribution is 0.152. The minimum Gasteiger partial charge on any atom is -0.380 e. The van der Waals surface area contributed by atoms with E-state index in [9.17, 15) is 0 Å². The molecule has 0 amide bonds. The van der Waals surface area contributed by atoms with Gasteiger partial charge in [0.2, 0.25) is 0 Å². The second-order valence-corrected chi connectivity index (χ2v) is 4.68. The molecule has 0 radical (unpaired) electrons. The molecule has 1 fully saturated rings. The SMILES string of the molecule is Ic1ccc(N2CCCOCC2)cc1. The van der Waals surface area contributed by atoms with Crippen LogP contribution in [0.5, 0.6) is 0 Å². The fourth-order valence-corrected chi connectivity index (χ4v) is 2.02. The van der Waals surface area contributed by atoms with Crippen LogP contribution < -0.4 is 4.90 Å². The predicted molar refractivity (Wildman–Crippen MR) is 66.8 cm³/mol. The summed E-state index contributed by atoms with van der Waals surface area (Å²) in [7, 11) is 0. The number of ether oxygens (including phenoxy) is 1. The molecule has 14 heavy (non-hydrogen) atoms. The van der Waals surface area contributed by atoms with E-state index in [1.54, 1.807) is 0 Å². The normalized spacial score (nSPS) is 17.9. The molecule has 3 heteroatoms. The van der Waals surface area contributed by atoms with Crippen LogP contribution in [0.3, 0.4) is 0 Å². The molecule has 1 saturated heterocycles. The maximum absolute atomic E-state index is 5.43. The van der Waals surface area contributed by atoms with Crippen molar-refractivity contribution in [3.05, 3.63) is 27.8 Å². The Morgan fingerprint density at radius 1 is 1.07 bits per heavy atom. The molecule has 0 spiro atoms. The summed E-state index contributed by atoms with van der Waals surface area (Å²) >= 11 is 2.33.